The van der Waals surface area contributed by atoms with Gasteiger partial charge in [0.05, 0.1) is 6.42 Å². The van der Waals surface area contributed by atoms with Gasteiger partial charge in [-0.05, 0) is 41.0 Å². The highest BCUT2D eigenvalue weighted by atomic mass is 16.1. The second-order valence-corrected chi connectivity index (χ2v) is 8.32. The molecule has 0 saturated heterocycles. The third-order valence-corrected chi connectivity index (χ3v) is 5.56. The molecule has 0 spiro atoms. The summed E-state index contributed by atoms with van der Waals surface area (Å²) < 4.78 is 0. The SMILES string of the molecule is CC(C)CC1Cc2c(CC(N)=O)cccc2CN1CCNCc1ccccc1. The third-order valence-electron chi connectivity index (χ3n) is 5.56. The van der Waals surface area contributed by atoms with Gasteiger partial charge in [-0.3, -0.25) is 9.69 Å². The van der Waals surface area contributed by atoms with Crippen molar-refractivity contribution in [3.63, 3.8) is 0 Å². The number of hydrogen-bond acceptors (Lipinski definition) is 3. The number of benzene rings is 2. The van der Waals surface area contributed by atoms with Gasteiger partial charge in [0.25, 0.3) is 0 Å². The fourth-order valence-corrected chi connectivity index (χ4v) is 4.25. The summed E-state index contributed by atoms with van der Waals surface area (Å²) in [7, 11) is 0. The van der Waals surface area contributed by atoms with Gasteiger partial charge in [0.2, 0.25) is 5.91 Å². The molecule has 4 heteroatoms. The summed E-state index contributed by atoms with van der Waals surface area (Å²) in [5.41, 5.74) is 10.6. The smallest absolute Gasteiger partial charge is 0.221 e. The van der Waals surface area contributed by atoms with E-state index in [-0.39, 0.29) is 5.91 Å². The molecule has 0 aliphatic carbocycles. The second-order valence-electron chi connectivity index (χ2n) is 8.32. The van der Waals surface area contributed by atoms with Crippen LogP contribution in [0.2, 0.25) is 0 Å². The van der Waals surface area contributed by atoms with Crippen LogP contribution < -0.4 is 11.1 Å². The Kier molecular flexibility index (Phi) is 7.24. The molecule has 3 rings (SSSR count). The first-order chi connectivity index (χ1) is 13.5. The maximum atomic E-state index is 11.5. The first kappa shape index (κ1) is 20.6. The van der Waals surface area contributed by atoms with E-state index in [0.29, 0.717) is 18.4 Å². The Morgan fingerprint density at radius 1 is 1.18 bits per heavy atom. The highest BCUT2D eigenvalue weighted by Gasteiger charge is 2.28. The van der Waals surface area contributed by atoms with Crippen LogP contribution in [0.5, 0.6) is 0 Å². The monoisotopic (exact) mass is 379 g/mol. The normalized spacial score (nSPS) is 16.9. The van der Waals surface area contributed by atoms with Gasteiger partial charge in [-0.25, -0.2) is 0 Å². The Labute approximate surface area is 169 Å². The third kappa shape index (κ3) is 5.66. The van der Waals surface area contributed by atoms with E-state index in [2.05, 4.69) is 72.6 Å². The minimum absolute atomic E-state index is 0.249. The molecule has 3 N–H and O–H groups in total. The number of nitrogens with one attached hydrogen (secondary N) is 1. The Morgan fingerprint density at radius 3 is 2.68 bits per heavy atom. The Morgan fingerprint density at radius 2 is 1.96 bits per heavy atom. The number of carbonyl (C=O) groups excluding carboxylic acids is 1. The number of rotatable bonds is 9. The minimum atomic E-state index is -0.249. The van der Waals surface area contributed by atoms with Crippen molar-refractivity contribution in [3.05, 3.63) is 70.8 Å². The number of nitrogens with zero attached hydrogens (tertiary/aromatic N) is 1. The quantitative estimate of drug-likeness (QED) is 0.658. The number of primary amides is 1. The molecule has 0 radical (unpaired) electrons. The van der Waals surface area contributed by atoms with E-state index < -0.39 is 0 Å². The van der Waals surface area contributed by atoms with Gasteiger partial charge >= 0.3 is 0 Å². The van der Waals surface area contributed by atoms with Crippen molar-refractivity contribution in [2.45, 2.75) is 52.2 Å². The minimum Gasteiger partial charge on any atom is -0.369 e. The fraction of sp³-hybridized carbons (Fsp3) is 0.458. The Bertz CT molecular complexity index is 773. The predicted molar refractivity (Wildman–Crippen MR) is 115 cm³/mol. The van der Waals surface area contributed by atoms with Crippen molar-refractivity contribution in [2.75, 3.05) is 13.1 Å². The lowest BCUT2D eigenvalue weighted by atomic mass is 9.85. The molecule has 1 heterocycles. The van der Waals surface area contributed by atoms with E-state index in [1.165, 1.54) is 23.1 Å². The Balaban J connectivity index is 1.65. The van der Waals surface area contributed by atoms with Crippen molar-refractivity contribution < 1.29 is 4.79 Å². The van der Waals surface area contributed by atoms with E-state index >= 15 is 0 Å². The van der Waals surface area contributed by atoms with Crippen LogP contribution in [-0.2, 0) is 30.7 Å². The zero-order valence-corrected chi connectivity index (χ0v) is 17.2. The number of hydrogen-bond donors (Lipinski definition) is 2. The maximum Gasteiger partial charge on any atom is 0.221 e. The summed E-state index contributed by atoms with van der Waals surface area (Å²) in [6, 6.07) is 17.4. The largest absolute Gasteiger partial charge is 0.369 e. The van der Waals surface area contributed by atoms with Crippen LogP contribution in [0.3, 0.4) is 0 Å². The average molecular weight is 380 g/mol. The molecule has 2 aromatic carbocycles. The molecule has 1 unspecified atom stereocenters. The van der Waals surface area contributed by atoms with Gasteiger partial charge in [-0.2, -0.15) is 0 Å². The topological polar surface area (TPSA) is 58.4 Å². The van der Waals surface area contributed by atoms with Crippen molar-refractivity contribution in [3.8, 4) is 0 Å². The summed E-state index contributed by atoms with van der Waals surface area (Å²) in [5, 5.41) is 3.58. The number of amides is 1. The van der Waals surface area contributed by atoms with Crippen LogP contribution in [0.1, 0.15) is 42.5 Å². The molecule has 2 aromatic rings. The van der Waals surface area contributed by atoms with Crippen LogP contribution >= 0.6 is 0 Å². The highest BCUT2D eigenvalue weighted by molar-refractivity contribution is 5.77. The molecular weight excluding hydrogens is 346 g/mol. The zero-order chi connectivity index (χ0) is 19.9. The van der Waals surface area contributed by atoms with Gasteiger partial charge in [0.1, 0.15) is 0 Å². The number of carbonyl (C=O) groups is 1. The lowest BCUT2D eigenvalue weighted by molar-refractivity contribution is -0.117. The van der Waals surface area contributed by atoms with Crippen molar-refractivity contribution in [2.24, 2.45) is 11.7 Å². The number of fused-ring (bicyclic) bond motifs is 1. The standard InChI is InChI=1S/C24H33N3O/c1-18(2)13-22-15-23-20(14-24(25)28)9-6-10-21(23)17-27(22)12-11-26-16-19-7-4-3-5-8-19/h3-10,18,22,26H,11-17H2,1-2H3,(H2,25,28). The van der Waals surface area contributed by atoms with Crippen molar-refractivity contribution in [1.29, 1.82) is 0 Å². The van der Waals surface area contributed by atoms with Crippen LogP contribution in [0.4, 0.5) is 0 Å². The summed E-state index contributed by atoms with van der Waals surface area (Å²) in [4.78, 5) is 14.1. The molecule has 4 nitrogen and oxygen atoms in total. The van der Waals surface area contributed by atoms with E-state index in [1.807, 2.05) is 0 Å². The van der Waals surface area contributed by atoms with E-state index in [4.69, 9.17) is 5.73 Å². The van der Waals surface area contributed by atoms with Gasteiger partial charge in [0, 0.05) is 32.2 Å². The van der Waals surface area contributed by atoms with Gasteiger partial charge < -0.3 is 11.1 Å². The molecule has 1 atom stereocenters. The first-order valence-corrected chi connectivity index (χ1v) is 10.4. The maximum absolute atomic E-state index is 11.5. The summed E-state index contributed by atoms with van der Waals surface area (Å²) in [6.45, 7) is 8.44. The molecule has 0 saturated carbocycles. The van der Waals surface area contributed by atoms with Crippen molar-refractivity contribution >= 4 is 5.91 Å². The zero-order valence-electron chi connectivity index (χ0n) is 17.2. The van der Waals surface area contributed by atoms with Crippen LogP contribution in [0.15, 0.2) is 48.5 Å². The van der Waals surface area contributed by atoms with Gasteiger partial charge in [-0.1, -0.05) is 62.4 Å². The summed E-state index contributed by atoms with van der Waals surface area (Å²) in [5.74, 6) is 0.399. The summed E-state index contributed by atoms with van der Waals surface area (Å²) in [6.07, 6.45) is 2.52. The van der Waals surface area contributed by atoms with E-state index in [9.17, 15) is 4.79 Å². The van der Waals surface area contributed by atoms with Gasteiger partial charge in [-0.15, -0.1) is 0 Å². The molecule has 0 bridgehead atoms. The lowest BCUT2D eigenvalue weighted by Gasteiger charge is -2.39. The van der Waals surface area contributed by atoms with E-state index in [1.54, 1.807) is 0 Å². The fourth-order valence-electron chi connectivity index (χ4n) is 4.25. The molecule has 1 amide bonds. The molecule has 1 aliphatic heterocycles. The van der Waals surface area contributed by atoms with E-state index in [0.717, 1.165) is 38.2 Å². The lowest BCUT2D eigenvalue weighted by Crippen LogP contribution is -2.44. The molecule has 150 valence electrons. The highest BCUT2D eigenvalue weighted by Crippen LogP contribution is 2.29. The second kappa shape index (κ2) is 9.85. The van der Waals surface area contributed by atoms with Crippen LogP contribution in [-0.4, -0.2) is 29.9 Å². The molecule has 28 heavy (non-hydrogen) atoms. The number of nitrogens with two attached hydrogens (primary N) is 1. The average Bonchev–Trinajstić information content (AvgIpc) is 2.66. The van der Waals surface area contributed by atoms with Crippen molar-refractivity contribution in [1.82, 2.24) is 10.2 Å². The predicted octanol–water partition coefficient (Wildman–Crippen LogP) is 3.28. The first-order valence-electron chi connectivity index (χ1n) is 10.4. The van der Waals surface area contributed by atoms with Gasteiger partial charge in [0.15, 0.2) is 0 Å². The molecule has 0 fully saturated rings. The molecule has 0 aromatic heterocycles. The molecule has 1 aliphatic rings. The Hall–Kier alpha value is -2.17. The van der Waals surface area contributed by atoms with Crippen LogP contribution in [0.25, 0.3) is 0 Å². The molecular formula is C24H33N3O. The van der Waals surface area contributed by atoms with Crippen LogP contribution in [0, 0.1) is 5.92 Å². The summed E-state index contributed by atoms with van der Waals surface area (Å²) >= 11 is 0.